The van der Waals surface area contributed by atoms with Crippen molar-refractivity contribution in [2.24, 2.45) is 0 Å². The van der Waals surface area contributed by atoms with Crippen LogP contribution in [0.25, 0.3) is 11.5 Å². The van der Waals surface area contributed by atoms with Gasteiger partial charge in [-0.05, 0) is 32.0 Å². The topological polar surface area (TPSA) is 89.9 Å². The smallest absolute Gasteiger partial charge is 0.249 e. The molecule has 3 aromatic rings. The highest BCUT2D eigenvalue weighted by Gasteiger charge is 2.21. The van der Waals surface area contributed by atoms with Crippen LogP contribution in [0, 0.1) is 6.92 Å². The normalized spacial score (nSPS) is 13.9. The Morgan fingerprint density at radius 2 is 1.62 bits per heavy atom. The third-order valence-electron chi connectivity index (χ3n) is 3.38. The van der Waals surface area contributed by atoms with E-state index in [0.717, 1.165) is 0 Å². The van der Waals surface area contributed by atoms with Crippen molar-refractivity contribution in [3.05, 3.63) is 45.9 Å². The Balaban J connectivity index is 1.75. The largest absolute Gasteiger partial charge is 0.424 e. The summed E-state index contributed by atoms with van der Waals surface area (Å²) in [5.41, 5.74) is 0.632. The van der Waals surface area contributed by atoms with Gasteiger partial charge in [0.15, 0.2) is 0 Å². The molecule has 0 aliphatic carbocycles. The van der Waals surface area contributed by atoms with Crippen LogP contribution in [0.5, 0.6) is 0 Å². The van der Waals surface area contributed by atoms with Crippen LogP contribution in [0.2, 0.25) is 10.0 Å². The zero-order chi connectivity index (χ0) is 17.3. The summed E-state index contributed by atoms with van der Waals surface area (Å²) in [4.78, 5) is 0. The van der Waals surface area contributed by atoms with E-state index in [1.54, 1.807) is 25.1 Å². The van der Waals surface area contributed by atoms with Crippen LogP contribution in [-0.4, -0.2) is 20.4 Å². The zero-order valence-corrected chi connectivity index (χ0v) is 14.8. The molecule has 1 N–H and O–H groups in total. The van der Waals surface area contributed by atoms with Gasteiger partial charge >= 0.3 is 0 Å². The van der Waals surface area contributed by atoms with Crippen molar-refractivity contribution in [3.8, 4) is 11.5 Å². The summed E-state index contributed by atoms with van der Waals surface area (Å²) in [5.74, 6) is 1.78. The lowest BCUT2D eigenvalue weighted by atomic mass is 10.2. The SMILES string of the molecule is Cc1nnc(C(C)NC(C)c2nnc(-c3ccc(Cl)cc3Cl)o2)o1. The molecule has 1 aromatic carbocycles. The number of aromatic nitrogens is 4. The van der Waals surface area contributed by atoms with E-state index in [1.807, 2.05) is 13.8 Å². The molecular formula is C15H15Cl2N5O2. The van der Waals surface area contributed by atoms with Crippen LogP contribution in [0.4, 0.5) is 0 Å². The quantitative estimate of drug-likeness (QED) is 0.724. The Morgan fingerprint density at radius 3 is 2.25 bits per heavy atom. The molecule has 2 aromatic heterocycles. The third-order valence-corrected chi connectivity index (χ3v) is 3.93. The molecule has 9 heteroatoms. The molecule has 0 spiro atoms. The third kappa shape index (κ3) is 3.58. The summed E-state index contributed by atoms with van der Waals surface area (Å²) >= 11 is 12.1. The molecule has 0 radical (unpaired) electrons. The van der Waals surface area contributed by atoms with Crippen LogP contribution in [-0.2, 0) is 0 Å². The number of aryl methyl sites for hydroxylation is 1. The summed E-state index contributed by atoms with van der Waals surface area (Å²) in [6.45, 7) is 5.56. The second kappa shape index (κ2) is 6.88. The van der Waals surface area contributed by atoms with Crippen LogP contribution in [0.15, 0.2) is 27.0 Å². The molecule has 0 aliphatic heterocycles. The van der Waals surface area contributed by atoms with E-state index < -0.39 is 0 Å². The summed E-state index contributed by atoms with van der Waals surface area (Å²) in [5, 5.41) is 20.2. The van der Waals surface area contributed by atoms with Gasteiger partial charge in [-0.2, -0.15) is 0 Å². The van der Waals surface area contributed by atoms with Gasteiger partial charge in [0.2, 0.25) is 23.6 Å². The first-order valence-electron chi connectivity index (χ1n) is 7.29. The molecule has 0 amide bonds. The number of hydrogen-bond donors (Lipinski definition) is 1. The van der Waals surface area contributed by atoms with Crippen LogP contribution >= 0.6 is 23.2 Å². The first-order valence-corrected chi connectivity index (χ1v) is 8.04. The molecule has 3 rings (SSSR count). The van der Waals surface area contributed by atoms with E-state index in [2.05, 4.69) is 25.7 Å². The van der Waals surface area contributed by atoms with Gasteiger partial charge < -0.3 is 8.83 Å². The minimum absolute atomic E-state index is 0.157. The minimum atomic E-state index is -0.209. The highest BCUT2D eigenvalue weighted by Crippen LogP contribution is 2.30. The molecule has 2 unspecified atom stereocenters. The van der Waals surface area contributed by atoms with Crippen molar-refractivity contribution >= 4 is 23.2 Å². The van der Waals surface area contributed by atoms with Gasteiger partial charge in [-0.1, -0.05) is 23.2 Å². The van der Waals surface area contributed by atoms with Crippen molar-refractivity contribution in [2.75, 3.05) is 0 Å². The fourth-order valence-corrected chi connectivity index (χ4v) is 2.68. The molecule has 2 atom stereocenters. The molecule has 0 bridgehead atoms. The highest BCUT2D eigenvalue weighted by molar-refractivity contribution is 6.36. The lowest BCUT2D eigenvalue weighted by molar-refractivity contribution is 0.348. The Morgan fingerprint density at radius 1 is 0.958 bits per heavy atom. The molecule has 0 saturated heterocycles. The van der Waals surface area contributed by atoms with Crippen LogP contribution < -0.4 is 5.32 Å². The molecule has 0 saturated carbocycles. The summed E-state index contributed by atoms with van der Waals surface area (Å²) in [6, 6.07) is 4.72. The van der Waals surface area contributed by atoms with Crippen molar-refractivity contribution in [2.45, 2.75) is 32.9 Å². The van der Waals surface area contributed by atoms with Gasteiger partial charge in [0.05, 0.1) is 22.7 Å². The van der Waals surface area contributed by atoms with E-state index in [0.29, 0.717) is 39.2 Å². The van der Waals surface area contributed by atoms with Crippen molar-refractivity contribution in [3.63, 3.8) is 0 Å². The molecule has 2 heterocycles. The number of rotatable bonds is 5. The van der Waals surface area contributed by atoms with Crippen LogP contribution in [0.1, 0.15) is 43.6 Å². The van der Waals surface area contributed by atoms with E-state index in [1.165, 1.54) is 0 Å². The highest BCUT2D eigenvalue weighted by atomic mass is 35.5. The Labute approximate surface area is 148 Å². The summed E-state index contributed by atoms with van der Waals surface area (Å²) < 4.78 is 11.1. The van der Waals surface area contributed by atoms with Gasteiger partial charge in [0, 0.05) is 11.9 Å². The van der Waals surface area contributed by atoms with E-state index in [4.69, 9.17) is 32.0 Å². The van der Waals surface area contributed by atoms with Crippen LogP contribution in [0.3, 0.4) is 0 Å². The van der Waals surface area contributed by atoms with Gasteiger partial charge in [0.25, 0.3) is 0 Å². The number of nitrogens with one attached hydrogen (secondary N) is 1. The summed E-state index contributed by atoms with van der Waals surface area (Å²) in [7, 11) is 0. The van der Waals surface area contributed by atoms with E-state index >= 15 is 0 Å². The van der Waals surface area contributed by atoms with E-state index in [9.17, 15) is 0 Å². The van der Waals surface area contributed by atoms with Gasteiger partial charge in [0.1, 0.15) is 0 Å². The minimum Gasteiger partial charge on any atom is -0.424 e. The average molecular weight is 368 g/mol. The number of hydrogen-bond acceptors (Lipinski definition) is 7. The molecule has 126 valence electrons. The predicted molar refractivity (Wildman–Crippen MR) is 88.8 cm³/mol. The molecule has 0 fully saturated rings. The predicted octanol–water partition coefficient (Wildman–Crippen LogP) is 4.15. The monoisotopic (exact) mass is 367 g/mol. The maximum atomic E-state index is 6.16. The lowest BCUT2D eigenvalue weighted by Gasteiger charge is -2.13. The maximum absolute atomic E-state index is 6.16. The van der Waals surface area contributed by atoms with Crippen molar-refractivity contribution in [1.82, 2.24) is 25.7 Å². The molecule has 0 aliphatic rings. The fraction of sp³-hybridized carbons (Fsp3) is 0.333. The van der Waals surface area contributed by atoms with Gasteiger partial charge in [-0.3, -0.25) is 5.32 Å². The Kier molecular flexibility index (Phi) is 4.84. The van der Waals surface area contributed by atoms with Gasteiger partial charge in [-0.15, -0.1) is 20.4 Å². The lowest BCUT2D eigenvalue weighted by Crippen LogP contribution is -2.23. The van der Waals surface area contributed by atoms with Crippen molar-refractivity contribution < 1.29 is 8.83 Å². The average Bonchev–Trinajstić information content (AvgIpc) is 3.16. The molecular weight excluding hydrogens is 353 g/mol. The first-order chi connectivity index (χ1) is 11.4. The fourth-order valence-electron chi connectivity index (χ4n) is 2.19. The zero-order valence-electron chi connectivity index (χ0n) is 13.2. The molecule has 7 nitrogen and oxygen atoms in total. The first kappa shape index (κ1) is 16.9. The summed E-state index contributed by atoms with van der Waals surface area (Å²) in [6.07, 6.45) is 0. The number of benzene rings is 1. The van der Waals surface area contributed by atoms with Crippen molar-refractivity contribution in [1.29, 1.82) is 0 Å². The second-order valence-corrected chi connectivity index (χ2v) is 6.18. The number of nitrogens with zero attached hydrogens (tertiary/aromatic N) is 4. The Hall–Kier alpha value is -1.96. The van der Waals surface area contributed by atoms with E-state index in [-0.39, 0.29) is 12.1 Å². The maximum Gasteiger partial charge on any atom is 0.249 e. The Bertz CT molecular complexity index is 848. The number of halogens is 2. The van der Waals surface area contributed by atoms with Gasteiger partial charge in [-0.25, -0.2) is 0 Å². The second-order valence-electron chi connectivity index (χ2n) is 5.34. The standard InChI is InChI=1S/C15H15Cl2N5O2/c1-7(13-20-19-9(3)23-13)18-8(2)14-21-22-15(24-14)11-5-4-10(16)6-12(11)17/h4-8,18H,1-3H3. The molecule has 24 heavy (non-hydrogen) atoms.